The summed E-state index contributed by atoms with van der Waals surface area (Å²) in [6, 6.07) is 4.17. The lowest BCUT2D eigenvalue weighted by atomic mass is 10.1. The van der Waals surface area contributed by atoms with Crippen LogP contribution in [-0.4, -0.2) is 32.9 Å². The Kier molecular flexibility index (Phi) is 5.80. The quantitative estimate of drug-likeness (QED) is 0.718. The molecule has 0 heterocycles. The standard InChI is InChI=1S/C11H15FN2O3S2/c1-17-4-5-19(15,16)14-7-9-3-2-8(11(13)18)6-10(9)12/h2-3,6,14H,4-5,7H2,1H3,(H2,13,18). The Balaban J connectivity index is 2.71. The fourth-order valence-electron chi connectivity index (χ4n) is 1.30. The summed E-state index contributed by atoms with van der Waals surface area (Å²) in [6.07, 6.45) is 0. The first kappa shape index (κ1) is 16.0. The van der Waals surface area contributed by atoms with Crippen molar-refractivity contribution in [2.75, 3.05) is 19.5 Å². The molecule has 1 rings (SSSR count). The molecule has 0 saturated carbocycles. The second-order valence-corrected chi connectivity index (χ2v) is 6.17. The van der Waals surface area contributed by atoms with E-state index in [4.69, 9.17) is 18.0 Å². The molecular formula is C11H15FN2O3S2. The summed E-state index contributed by atoms with van der Waals surface area (Å²) < 4.78 is 43.6. The Labute approximate surface area is 117 Å². The van der Waals surface area contributed by atoms with Gasteiger partial charge in [0.1, 0.15) is 10.8 Å². The molecule has 19 heavy (non-hydrogen) atoms. The van der Waals surface area contributed by atoms with Crippen molar-refractivity contribution < 1.29 is 17.5 Å². The first-order chi connectivity index (χ1) is 8.85. The molecule has 3 N–H and O–H groups in total. The Hall–Kier alpha value is -1.09. The number of hydrogen-bond acceptors (Lipinski definition) is 4. The number of ether oxygens (including phenoxy) is 1. The van der Waals surface area contributed by atoms with Gasteiger partial charge in [-0.05, 0) is 6.07 Å². The maximum Gasteiger partial charge on any atom is 0.214 e. The molecule has 0 bridgehead atoms. The fourth-order valence-corrected chi connectivity index (χ4v) is 2.33. The predicted octanol–water partition coefficient (Wildman–Crippen LogP) is 0.526. The van der Waals surface area contributed by atoms with E-state index >= 15 is 0 Å². The molecule has 106 valence electrons. The summed E-state index contributed by atoms with van der Waals surface area (Å²) in [5.74, 6) is -0.726. The van der Waals surface area contributed by atoms with Crippen LogP contribution in [0.3, 0.4) is 0 Å². The van der Waals surface area contributed by atoms with Crippen LogP contribution in [0.5, 0.6) is 0 Å². The van der Waals surface area contributed by atoms with Crippen LogP contribution in [0.25, 0.3) is 0 Å². The van der Waals surface area contributed by atoms with E-state index in [1.165, 1.54) is 19.2 Å². The van der Waals surface area contributed by atoms with Crippen molar-refractivity contribution >= 4 is 27.2 Å². The van der Waals surface area contributed by atoms with E-state index in [0.29, 0.717) is 5.56 Å². The average molecular weight is 306 g/mol. The van der Waals surface area contributed by atoms with Crippen LogP contribution in [0.2, 0.25) is 0 Å². The maximum atomic E-state index is 13.7. The van der Waals surface area contributed by atoms with Gasteiger partial charge in [-0.1, -0.05) is 24.4 Å². The van der Waals surface area contributed by atoms with Gasteiger partial charge in [0.15, 0.2) is 0 Å². The summed E-state index contributed by atoms with van der Waals surface area (Å²) in [5, 5.41) is 0. The molecule has 0 fully saturated rings. The topological polar surface area (TPSA) is 81.4 Å². The molecule has 0 saturated heterocycles. The van der Waals surface area contributed by atoms with E-state index < -0.39 is 15.8 Å². The molecule has 0 aliphatic heterocycles. The lowest BCUT2D eigenvalue weighted by Gasteiger charge is -2.08. The molecule has 8 heteroatoms. The predicted molar refractivity (Wildman–Crippen MR) is 74.8 cm³/mol. The molecule has 0 aromatic heterocycles. The first-order valence-corrected chi connectivity index (χ1v) is 7.46. The van der Waals surface area contributed by atoms with Gasteiger partial charge in [-0.2, -0.15) is 0 Å². The molecule has 1 aromatic carbocycles. The van der Waals surface area contributed by atoms with E-state index in [1.54, 1.807) is 6.07 Å². The zero-order chi connectivity index (χ0) is 14.5. The minimum atomic E-state index is -3.48. The smallest absolute Gasteiger partial charge is 0.214 e. The second-order valence-electron chi connectivity index (χ2n) is 3.80. The molecule has 0 aliphatic carbocycles. The average Bonchev–Trinajstić information content (AvgIpc) is 2.35. The lowest BCUT2D eigenvalue weighted by molar-refractivity contribution is 0.217. The Morgan fingerprint density at radius 2 is 2.21 bits per heavy atom. The normalized spacial score (nSPS) is 11.5. The second kappa shape index (κ2) is 6.90. The van der Waals surface area contributed by atoms with Crippen molar-refractivity contribution in [3.63, 3.8) is 0 Å². The Bertz CT molecular complexity index is 561. The van der Waals surface area contributed by atoms with E-state index in [-0.39, 0.29) is 29.5 Å². The lowest BCUT2D eigenvalue weighted by Crippen LogP contribution is -2.28. The van der Waals surface area contributed by atoms with E-state index in [2.05, 4.69) is 9.46 Å². The van der Waals surface area contributed by atoms with Gasteiger partial charge in [0.05, 0.1) is 12.4 Å². The van der Waals surface area contributed by atoms with Gasteiger partial charge in [0, 0.05) is 24.8 Å². The third-order valence-corrected chi connectivity index (χ3v) is 3.90. The van der Waals surface area contributed by atoms with Crippen molar-refractivity contribution in [2.45, 2.75) is 6.54 Å². The zero-order valence-corrected chi connectivity index (χ0v) is 12.0. The number of rotatable bonds is 7. The van der Waals surface area contributed by atoms with Crippen LogP contribution in [0, 0.1) is 5.82 Å². The highest BCUT2D eigenvalue weighted by atomic mass is 32.2. The first-order valence-electron chi connectivity index (χ1n) is 5.40. The van der Waals surface area contributed by atoms with Gasteiger partial charge in [-0.15, -0.1) is 0 Å². The van der Waals surface area contributed by atoms with Crippen molar-refractivity contribution in [1.29, 1.82) is 0 Å². The van der Waals surface area contributed by atoms with Gasteiger partial charge >= 0.3 is 0 Å². The number of hydrogen-bond donors (Lipinski definition) is 2. The zero-order valence-electron chi connectivity index (χ0n) is 10.3. The number of halogens is 1. The molecule has 0 amide bonds. The van der Waals surface area contributed by atoms with Gasteiger partial charge in [-0.25, -0.2) is 17.5 Å². The number of methoxy groups -OCH3 is 1. The summed E-state index contributed by atoms with van der Waals surface area (Å²) in [7, 11) is -2.07. The Morgan fingerprint density at radius 3 is 2.74 bits per heavy atom. The van der Waals surface area contributed by atoms with Crippen LogP contribution < -0.4 is 10.5 Å². The SMILES string of the molecule is COCCS(=O)(=O)NCc1ccc(C(N)=S)cc1F. The molecule has 0 spiro atoms. The highest BCUT2D eigenvalue weighted by Gasteiger charge is 2.11. The largest absolute Gasteiger partial charge is 0.389 e. The molecular weight excluding hydrogens is 291 g/mol. The summed E-state index contributed by atoms with van der Waals surface area (Å²) in [6.45, 7) is -0.0479. The molecule has 0 aliphatic rings. The molecule has 0 radical (unpaired) electrons. The number of thiocarbonyl (C=S) groups is 1. The van der Waals surface area contributed by atoms with Crippen LogP contribution >= 0.6 is 12.2 Å². The maximum absolute atomic E-state index is 13.7. The number of benzene rings is 1. The minimum absolute atomic E-state index is 0.0815. The van der Waals surface area contributed by atoms with Gasteiger partial charge in [0.2, 0.25) is 10.0 Å². The van der Waals surface area contributed by atoms with E-state index in [0.717, 1.165) is 0 Å². The van der Waals surface area contributed by atoms with E-state index in [1.807, 2.05) is 0 Å². The van der Waals surface area contributed by atoms with Crippen LogP contribution in [0.15, 0.2) is 18.2 Å². The highest BCUT2D eigenvalue weighted by molar-refractivity contribution is 7.89. The van der Waals surface area contributed by atoms with Crippen molar-refractivity contribution in [3.8, 4) is 0 Å². The summed E-state index contributed by atoms with van der Waals surface area (Å²) in [4.78, 5) is 0.0890. The fraction of sp³-hybridized carbons (Fsp3) is 0.364. The molecule has 0 atom stereocenters. The summed E-state index contributed by atoms with van der Waals surface area (Å²) in [5.41, 5.74) is 5.99. The van der Waals surface area contributed by atoms with Crippen LogP contribution in [0.1, 0.15) is 11.1 Å². The number of sulfonamides is 1. The molecule has 5 nitrogen and oxygen atoms in total. The summed E-state index contributed by atoms with van der Waals surface area (Å²) >= 11 is 4.72. The van der Waals surface area contributed by atoms with Crippen molar-refractivity contribution in [1.82, 2.24) is 4.72 Å². The monoisotopic (exact) mass is 306 g/mol. The van der Waals surface area contributed by atoms with Gasteiger partial charge in [0.25, 0.3) is 0 Å². The molecule has 1 aromatic rings. The van der Waals surface area contributed by atoms with Crippen molar-refractivity contribution in [3.05, 3.63) is 35.1 Å². The molecule has 0 unspecified atom stereocenters. The minimum Gasteiger partial charge on any atom is -0.389 e. The van der Waals surface area contributed by atoms with Gasteiger partial charge < -0.3 is 10.5 Å². The number of nitrogens with two attached hydrogens (primary N) is 1. The highest BCUT2D eigenvalue weighted by Crippen LogP contribution is 2.10. The Morgan fingerprint density at radius 1 is 1.53 bits per heavy atom. The van der Waals surface area contributed by atoms with Crippen molar-refractivity contribution in [2.24, 2.45) is 5.73 Å². The van der Waals surface area contributed by atoms with Gasteiger partial charge in [-0.3, -0.25) is 0 Å². The number of nitrogens with one attached hydrogen (secondary N) is 1. The van der Waals surface area contributed by atoms with E-state index in [9.17, 15) is 12.8 Å². The van der Waals surface area contributed by atoms with Crippen LogP contribution in [0.4, 0.5) is 4.39 Å². The third kappa shape index (κ3) is 5.19. The third-order valence-electron chi connectivity index (χ3n) is 2.38. The van der Waals surface area contributed by atoms with Crippen LogP contribution in [-0.2, 0) is 21.3 Å².